The fraction of sp³-hybridized carbons (Fsp3) is 0.556. The molecule has 1 aromatic rings. The summed E-state index contributed by atoms with van der Waals surface area (Å²) in [5, 5.41) is 9.42. The average molecular weight is 332 g/mol. The number of nitrogens with one attached hydrogen (secondary N) is 3. The maximum Gasteiger partial charge on any atom is 0.221 e. The van der Waals surface area contributed by atoms with Crippen LogP contribution in [0.25, 0.3) is 0 Å². The van der Waals surface area contributed by atoms with Gasteiger partial charge in [0.2, 0.25) is 5.91 Å². The number of nitrogens with zero attached hydrogens (tertiary/aromatic N) is 1. The van der Waals surface area contributed by atoms with Crippen LogP contribution in [0.1, 0.15) is 32.3 Å². The van der Waals surface area contributed by atoms with Gasteiger partial charge in [-0.05, 0) is 43.9 Å². The van der Waals surface area contributed by atoms with Gasteiger partial charge in [0.05, 0.1) is 5.60 Å². The predicted octanol–water partition coefficient (Wildman–Crippen LogP) is 1.92. The van der Waals surface area contributed by atoms with Gasteiger partial charge in [0.25, 0.3) is 0 Å². The monoisotopic (exact) mass is 332 g/mol. The average Bonchev–Trinajstić information content (AvgIpc) is 2.99. The molecule has 1 unspecified atom stereocenters. The quantitative estimate of drug-likeness (QED) is 0.550. The number of guanidine groups is 1. The van der Waals surface area contributed by atoms with E-state index in [1.807, 2.05) is 24.3 Å². The van der Waals surface area contributed by atoms with Crippen LogP contribution in [0.3, 0.4) is 0 Å². The van der Waals surface area contributed by atoms with Gasteiger partial charge >= 0.3 is 0 Å². The van der Waals surface area contributed by atoms with Crippen LogP contribution in [0.15, 0.2) is 29.3 Å². The maximum absolute atomic E-state index is 11.0. The molecule has 6 nitrogen and oxygen atoms in total. The van der Waals surface area contributed by atoms with Gasteiger partial charge in [0, 0.05) is 39.4 Å². The summed E-state index contributed by atoms with van der Waals surface area (Å²) in [7, 11) is 1.77. The molecule has 1 aromatic carbocycles. The molecule has 1 aliphatic rings. The van der Waals surface area contributed by atoms with Gasteiger partial charge in [-0.25, -0.2) is 0 Å². The highest BCUT2D eigenvalue weighted by molar-refractivity contribution is 5.88. The standard InChI is InChI=1S/C18H28N4O2/c1-14(23)22-16-7-5-15(6-8-16)9-11-20-17(19-3)21-13-18(2)10-4-12-24-18/h5-8H,4,9-13H2,1-3H3,(H,22,23)(H2,19,20,21). The highest BCUT2D eigenvalue weighted by atomic mass is 16.5. The molecule has 1 saturated heterocycles. The van der Waals surface area contributed by atoms with Crippen LogP contribution in [-0.2, 0) is 16.0 Å². The molecule has 1 heterocycles. The molecule has 0 bridgehead atoms. The Morgan fingerprint density at radius 3 is 2.62 bits per heavy atom. The Kier molecular flexibility index (Phi) is 6.61. The van der Waals surface area contributed by atoms with E-state index in [1.165, 1.54) is 12.5 Å². The Morgan fingerprint density at radius 2 is 2.04 bits per heavy atom. The second-order valence-electron chi connectivity index (χ2n) is 6.38. The number of rotatable bonds is 6. The zero-order valence-electron chi connectivity index (χ0n) is 14.8. The normalized spacial score (nSPS) is 20.7. The van der Waals surface area contributed by atoms with Crippen LogP contribution in [0.2, 0.25) is 0 Å². The van der Waals surface area contributed by atoms with Crippen molar-refractivity contribution in [2.24, 2.45) is 4.99 Å². The van der Waals surface area contributed by atoms with Crippen molar-refractivity contribution in [3.63, 3.8) is 0 Å². The van der Waals surface area contributed by atoms with Crippen LogP contribution >= 0.6 is 0 Å². The number of carbonyl (C=O) groups excluding carboxylic acids is 1. The third kappa shape index (κ3) is 5.85. The van der Waals surface area contributed by atoms with E-state index >= 15 is 0 Å². The first kappa shape index (κ1) is 18.3. The molecule has 1 aliphatic heterocycles. The van der Waals surface area contributed by atoms with Gasteiger partial charge in [0.15, 0.2) is 5.96 Å². The largest absolute Gasteiger partial charge is 0.373 e. The SMILES string of the molecule is CN=C(NCCc1ccc(NC(C)=O)cc1)NCC1(C)CCCO1. The second-order valence-corrected chi connectivity index (χ2v) is 6.38. The molecule has 3 N–H and O–H groups in total. The Bertz CT molecular complexity index is 563. The summed E-state index contributed by atoms with van der Waals surface area (Å²) < 4.78 is 5.77. The zero-order chi connectivity index (χ0) is 17.4. The molecule has 6 heteroatoms. The van der Waals surface area contributed by atoms with Crippen molar-refractivity contribution in [3.05, 3.63) is 29.8 Å². The van der Waals surface area contributed by atoms with Gasteiger partial charge < -0.3 is 20.7 Å². The van der Waals surface area contributed by atoms with E-state index in [9.17, 15) is 4.79 Å². The molecule has 2 rings (SSSR count). The topological polar surface area (TPSA) is 74.8 Å². The molecule has 0 aromatic heterocycles. The van der Waals surface area contributed by atoms with Crippen molar-refractivity contribution in [1.29, 1.82) is 0 Å². The van der Waals surface area contributed by atoms with Crippen LogP contribution in [-0.4, -0.2) is 44.2 Å². The van der Waals surface area contributed by atoms with Gasteiger partial charge in [-0.15, -0.1) is 0 Å². The molecule has 1 fully saturated rings. The summed E-state index contributed by atoms with van der Waals surface area (Å²) in [6.45, 7) is 6.04. The lowest BCUT2D eigenvalue weighted by Crippen LogP contribution is -2.45. The first-order valence-electron chi connectivity index (χ1n) is 8.46. The molecule has 132 valence electrons. The summed E-state index contributed by atoms with van der Waals surface area (Å²) in [6.07, 6.45) is 3.09. The van der Waals surface area contributed by atoms with E-state index in [2.05, 4.69) is 27.9 Å². The minimum absolute atomic E-state index is 0.0563. The van der Waals surface area contributed by atoms with E-state index in [-0.39, 0.29) is 11.5 Å². The fourth-order valence-corrected chi connectivity index (χ4v) is 2.75. The summed E-state index contributed by atoms with van der Waals surface area (Å²) >= 11 is 0. The smallest absolute Gasteiger partial charge is 0.221 e. The summed E-state index contributed by atoms with van der Waals surface area (Å²) in [5.41, 5.74) is 1.94. The fourth-order valence-electron chi connectivity index (χ4n) is 2.75. The molecule has 24 heavy (non-hydrogen) atoms. The number of hydrogen-bond acceptors (Lipinski definition) is 3. The summed E-state index contributed by atoms with van der Waals surface area (Å²) in [6, 6.07) is 7.89. The van der Waals surface area contributed by atoms with E-state index in [0.29, 0.717) is 0 Å². The van der Waals surface area contributed by atoms with Crippen molar-refractivity contribution in [3.8, 4) is 0 Å². The molecule has 1 amide bonds. The summed E-state index contributed by atoms with van der Waals surface area (Å²) in [4.78, 5) is 15.3. The van der Waals surface area contributed by atoms with E-state index in [1.54, 1.807) is 7.05 Å². The lowest BCUT2D eigenvalue weighted by molar-refractivity contribution is -0.114. The van der Waals surface area contributed by atoms with E-state index in [0.717, 1.165) is 50.6 Å². The number of hydrogen-bond donors (Lipinski definition) is 3. The maximum atomic E-state index is 11.0. The van der Waals surface area contributed by atoms with Crippen molar-refractivity contribution < 1.29 is 9.53 Å². The molecule has 0 saturated carbocycles. The number of amides is 1. The Labute approximate surface area is 144 Å². The van der Waals surface area contributed by atoms with Crippen molar-refractivity contribution in [2.75, 3.05) is 32.1 Å². The van der Waals surface area contributed by atoms with Crippen LogP contribution in [0.4, 0.5) is 5.69 Å². The van der Waals surface area contributed by atoms with E-state index in [4.69, 9.17) is 4.74 Å². The van der Waals surface area contributed by atoms with Crippen LogP contribution < -0.4 is 16.0 Å². The first-order valence-corrected chi connectivity index (χ1v) is 8.46. The molecule has 1 atom stereocenters. The highest BCUT2D eigenvalue weighted by Crippen LogP contribution is 2.23. The van der Waals surface area contributed by atoms with Gasteiger partial charge in [-0.3, -0.25) is 9.79 Å². The predicted molar refractivity (Wildman–Crippen MR) is 97.4 cm³/mol. The van der Waals surface area contributed by atoms with Crippen LogP contribution in [0, 0.1) is 0 Å². The minimum Gasteiger partial charge on any atom is -0.373 e. The number of aliphatic imine (C=N–C) groups is 1. The van der Waals surface area contributed by atoms with Crippen LogP contribution in [0.5, 0.6) is 0 Å². The number of carbonyl (C=O) groups is 1. The highest BCUT2D eigenvalue weighted by Gasteiger charge is 2.29. The minimum atomic E-state index is -0.0861. The summed E-state index contributed by atoms with van der Waals surface area (Å²) in [5.74, 6) is 0.737. The number of anilines is 1. The lowest BCUT2D eigenvalue weighted by Gasteiger charge is -2.24. The van der Waals surface area contributed by atoms with Crippen molar-refractivity contribution in [1.82, 2.24) is 10.6 Å². The van der Waals surface area contributed by atoms with Crippen molar-refractivity contribution >= 4 is 17.6 Å². The third-order valence-electron chi connectivity index (χ3n) is 4.13. The molecular formula is C18H28N4O2. The Hall–Kier alpha value is -2.08. The molecular weight excluding hydrogens is 304 g/mol. The van der Waals surface area contributed by atoms with E-state index < -0.39 is 0 Å². The zero-order valence-corrected chi connectivity index (χ0v) is 14.8. The number of benzene rings is 1. The number of ether oxygens (including phenoxy) is 1. The second kappa shape index (κ2) is 8.68. The molecule has 0 spiro atoms. The van der Waals surface area contributed by atoms with Crippen molar-refractivity contribution in [2.45, 2.75) is 38.7 Å². The Balaban J connectivity index is 1.72. The molecule has 0 radical (unpaired) electrons. The first-order chi connectivity index (χ1) is 11.5. The van der Waals surface area contributed by atoms with Gasteiger partial charge in [0.1, 0.15) is 0 Å². The Morgan fingerprint density at radius 1 is 1.29 bits per heavy atom. The lowest BCUT2D eigenvalue weighted by atomic mass is 10.0. The molecule has 0 aliphatic carbocycles. The van der Waals surface area contributed by atoms with Gasteiger partial charge in [-0.2, -0.15) is 0 Å². The third-order valence-corrected chi connectivity index (χ3v) is 4.13. The van der Waals surface area contributed by atoms with Gasteiger partial charge in [-0.1, -0.05) is 12.1 Å².